The van der Waals surface area contributed by atoms with Gasteiger partial charge in [-0.1, -0.05) is 35.9 Å². The fourth-order valence-corrected chi connectivity index (χ4v) is 2.37. The van der Waals surface area contributed by atoms with Crippen molar-refractivity contribution in [2.24, 2.45) is 0 Å². The predicted molar refractivity (Wildman–Crippen MR) is 105 cm³/mol. The van der Waals surface area contributed by atoms with Crippen LogP contribution in [0.2, 0.25) is 0 Å². The van der Waals surface area contributed by atoms with Crippen molar-refractivity contribution in [2.45, 2.75) is 20.5 Å². The molecule has 1 aromatic heterocycles. The maximum atomic E-state index is 11.9. The Kier molecular flexibility index (Phi) is 6.01. The van der Waals surface area contributed by atoms with Crippen molar-refractivity contribution in [3.63, 3.8) is 0 Å². The highest BCUT2D eigenvalue weighted by molar-refractivity contribution is 5.71. The lowest BCUT2D eigenvalue weighted by Crippen LogP contribution is -2.16. The van der Waals surface area contributed by atoms with Crippen LogP contribution < -0.4 is 15.8 Å². The van der Waals surface area contributed by atoms with Crippen LogP contribution in [0.5, 0.6) is 5.75 Å². The Balaban J connectivity index is 1.56. The van der Waals surface area contributed by atoms with Crippen molar-refractivity contribution in [3.8, 4) is 5.75 Å². The molecule has 1 heterocycles. The van der Waals surface area contributed by atoms with E-state index in [1.807, 2.05) is 56.3 Å². The molecule has 0 radical (unpaired) electrons. The molecule has 0 atom stereocenters. The summed E-state index contributed by atoms with van der Waals surface area (Å²) in [7, 11) is 0. The van der Waals surface area contributed by atoms with E-state index in [0.717, 1.165) is 16.8 Å². The first-order chi connectivity index (χ1) is 13.5. The Hall–Kier alpha value is -3.68. The van der Waals surface area contributed by atoms with Crippen molar-refractivity contribution >= 4 is 23.6 Å². The van der Waals surface area contributed by atoms with E-state index in [2.05, 4.69) is 20.3 Å². The number of esters is 1. The van der Waals surface area contributed by atoms with Crippen LogP contribution >= 0.6 is 0 Å². The molecule has 0 fully saturated rings. The maximum Gasteiger partial charge on any atom is 0.344 e. The molecule has 0 spiro atoms. The monoisotopic (exact) mass is 379 g/mol. The number of rotatable bonds is 7. The van der Waals surface area contributed by atoms with E-state index >= 15 is 0 Å². The van der Waals surface area contributed by atoms with Crippen molar-refractivity contribution in [1.82, 2.24) is 15.0 Å². The normalized spacial score (nSPS) is 10.4. The number of carbonyl (C=O) groups is 1. The first-order valence-electron chi connectivity index (χ1n) is 8.68. The van der Waals surface area contributed by atoms with Crippen LogP contribution in [0.1, 0.15) is 17.0 Å². The topological polar surface area (TPSA) is 112 Å². The number of nitrogens with two attached hydrogens (primary N) is 1. The molecule has 0 saturated carbocycles. The summed E-state index contributed by atoms with van der Waals surface area (Å²) < 4.78 is 10.6. The van der Waals surface area contributed by atoms with Gasteiger partial charge in [0.2, 0.25) is 11.9 Å². The molecule has 0 aliphatic carbocycles. The Bertz CT molecular complexity index is 960. The third-order valence-electron chi connectivity index (χ3n) is 3.81. The molecule has 144 valence electrons. The summed E-state index contributed by atoms with van der Waals surface area (Å²) in [5.74, 6) is 0.653. The molecule has 2 aromatic carbocycles. The largest absolute Gasteiger partial charge is 0.482 e. The van der Waals surface area contributed by atoms with Crippen LogP contribution in [0.3, 0.4) is 0 Å². The van der Waals surface area contributed by atoms with Crippen LogP contribution in [0.4, 0.5) is 17.6 Å². The van der Waals surface area contributed by atoms with Crippen molar-refractivity contribution < 1.29 is 14.3 Å². The summed E-state index contributed by atoms with van der Waals surface area (Å²) in [6, 6.07) is 15.1. The molecule has 8 nitrogen and oxygen atoms in total. The smallest absolute Gasteiger partial charge is 0.344 e. The van der Waals surface area contributed by atoms with Gasteiger partial charge in [-0.3, -0.25) is 0 Å². The molecular weight excluding hydrogens is 358 g/mol. The molecule has 0 aliphatic rings. The van der Waals surface area contributed by atoms with E-state index in [1.165, 1.54) is 0 Å². The van der Waals surface area contributed by atoms with Gasteiger partial charge in [0.1, 0.15) is 5.75 Å². The summed E-state index contributed by atoms with van der Waals surface area (Å²) in [5.41, 5.74) is 8.62. The fourth-order valence-electron chi connectivity index (χ4n) is 2.37. The molecule has 3 aromatic rings. The summed E-state index contributed by atoms with van der Waals surface area (Å²) in [6.45, 7) is 3.56. The SMILES string of the molecule is Cc1ccc(Nc2nc(N)nc(COC(=O)COc3ccccc3C)n2)cc1. The van der Waals surface area contributed by atoms with Crippen molar-refractivity contribution in [1.29, 1.82) is 0 Å². The first kappa shape index (κ1) is 19.1. The summed E-state index contributed by atoms with van der Waals surface area (Å²) in [5, 5.41) is 3.05. The predicted octanol–water partition coefficient (Wildman–Crippen LogP) is 2.94. The number of aryl methyl sites for hydroxylation is 2. The van der Waals surface area contributed by atoms with Gasteiger partial charge in [-0.15, -0.1) is 0 Å². The second-order valence-electron chi connectivity index (χ2n) is 6.14. The fraction of sp³-hybridized carbons (Fsp3) is 0.200. The second-order valence-corrected chi connectivity index (χ2v) is 6.14. The number of aromatic nitrogens is 3. The van der Waals surface area contributed by atoms with Crippen LogP contribution in [-0.4, -0.2) is 27.5 Å². The molecule has 0 amide bonds. The highest BCUT2D eigenvalue weighted by Crippen LogP contribution is 2.16. The number of para-hydroxylation sites is 1. The van der Waals surface area contributed by atoms with Gasteiger partial charge < -0.3 is 20.5 Å². The third kappa shape index (κ3) is 5.41. The van der Waals surface area contributed by atoms with Crippen molar-refractivity contribution in [3.05, 3.63) is 65.5 Å². The average Bonchev–Trinajstić information content (AvgIpc) is 2.67. The Labute approximate surface area is 162 Å². The van der Waals surface area contributed by atoms with Crippen molar-refractivity contribution in [2.75, 3.05) is 17.7 Å². The third-order valence-corrected chi connectivity index (χ3v) is 3.81. The van der Waals surface area contributed by atoms with Gasteiger partial charge in [0.25, 0.3) is 0 Å². The van der Waals surface area contributed by atoms with E-state index in [-0.39, 0.29) is 30.9 Å². The lowest BCUT2D eigenvalue weighted by atomic mass is 10.2. The standard InChI is InChI=1S/C20H21N5O3/c1-13-7-9-15(10-8-13)22-20-24-17(23-19(21)25-20)11-28-18(26)12-27-16-6-4-3-5-14(16)2/h3-10H,11-12H2,1-2H3,(H3,21,22,23,24,25). The maximum absolute atomic E-state index is 11.9. The average molecular weight is 379 g/mol. The van der Waals surface area contributed by atoms with Crippen LogP contribution in [0.15, 0.2) is 48.5 Å². The minimum Gasteiger partial charge on any atom is -0.482 e. The quantitative estimate of drug-likeness (QED) is 0.603. The molecule has 0 saturated heterocycles. The van der Waals surface area contributed by atoms with Gasteiger partial charge in [-0.2, -0.15) is 15.0 Å². The molecule has 28 heavy (non-hydrogen) atoms. The minimum absolute atomic E-state index is 0.0341. The zero-order valence-corrected chi connectivity index (χ0v) is 15.7. The molecule has 3 N–H and O–H groups in total. The van der Waals surface area contributed by atoms with Gasteiger partial charge in [0.05, 0.1) is 0 Å². The van der Waals surface area contributed by atoms with E-state index < -0.39 is 5.97 Å². The number of hydrogen-bond donors (Lipinski definition) is 2. The molecule has 0 bridgehead atoms. The van der Waals surface area contributed by atoms with E-state index in [0.29, 0.717) is 5.75 Å². The van der Waals surface area contributed by atoms with Crippen LogP contribution in [0, 0.1) is 13.8 Å². The molecule has 0 aliphatic heterocycles. The molecule has 8 heteroatoms. The van der Waals surface area contributed by atoms with Gasteiger partial charge in [0.15, 0.2) is 19.0 Å². The number of nitrogen functional groups attached to an aromatic ring is 1. The molecule has 3 rings (SSSR count). The van der Waals surface area contributed by atoms with Gasteiger partial charge in [-0.05, 0) is 37.6 Å². The van der Waals surface area contributed by atoms with Gasteiger partial charge in [-0.25, -0.2) is 4.79 Å². The number of anilines is 3. The summed E-state index contributed by atoms with van der Waals surface area (Å²) in [6.07, 6.45) is 0. The second kappa shape index (κ2) is 8.81. The highest BCUT2D eigenvalue weighted by Gasteiger charge is 2.10. The summed E-state index contributed by atoms with van der Waals surface area (Å²) >= 11 is 0. The minimum atomic E-state index is -0.532. The number of ether oxygens (including phenoxy) is 2. The Morgan fingerprint density at radius 3 is 2.54 bits per heavy atom. The number of nitrogens with one attached hydrogen (secondary N) is 1. The molecule has 0 unspecified atom stereocenters. The number of nitrogens with zero attached hydrogens (tertiary/aromatic N) is 3. The van der Waals surface area contributed by atoms with Crippen LogP contribution in [0.25, 0.3) is 0 Å². The van der Waals surface area contributed by atoms with E-state index in [4.69, 9.17) is 15.2 Å². The van der Waals surface area contributed by atoms with E-state index in [9.17, 15) is 4.79 Å². The summed E-state index contributed by atoms with van der Waals surface area (Å²) in [4.78, 5) is 24.2. The lowest BCUT2D eigenvalue weighted by molar-refractivity contribution is -0.147. The zero-order valence-electron chi connectivity index (χ0n) is 15.7. The zero-order chi connectivity index (χ0) is 19.9. The first-order valence-corrected chi connectivity index (χ1v) is 8.68. The van der Waals surface area contributed by atoms with Gasteiger partial charge >= 0.3 is 5.97 Å². The van der Waals surface area contributed by atoms with Gasteiger partial charge in [0, 0.05) is 5.69 Å². The lowest BCUT2D eigenvalue weighted by Gasteiger charge is -2.10. The highest BCUT2D eigenvalue weighted by atomic mass is 16.6. The molecular formula is C20H21N5O3. The number of carbonyl (C=O) groups excluding carboxylic acids is 1. The Morgan fingerprint density at radius 2 is 1.79 bits per heavy atom. The Morgan fingerprint density at radius 1 is 1.04 bits per heavy atom. The number of benzene rings is 2. The van der Waals surface area contributed by atoms with E-state index in [1.54, 1.807) is 6.07 Å². The van der Waals surface area contributed by atoms with Crippen LogP contribution in [-0.2, 0) is 16.1 Å². The number of hydrogen-bond acceptors (Lipinski definition) is 8.